The van der Waals surface area contributed by atoms with Crippen LogP contribution in [0.5, 0.6) is 0 Å². The minimum atomic E-state index is -0.113. The van der Waals surface area contributed by atoms with Crippen LogP contribution in [0, 0.1) is 6.92 Å². The summed E-state index contributed by atoms with van der Waals surface area (Å²) in [5.41, 5.74) is 3.57. The molecular formula is C18H19N5OS. The molecule has 0 saturated heterocycles. The van der Waals surface area contributed by atoms with Gasteiger partial charge in [-0.05, 0) is 23.6 Å². The lowest BCUT2D eigenvalue weighted by Crippen LogP contribution is -2.41. The topological polar surface area (TPSA) is 63.1 Å². The quantitative estimate of drug-likeness (QED) is 0.768. The van der Waals surface area contributed by atoms with E-state index >= 15 is 0 Å². The first-order chi connectivity index (χ1) is 12.1. The summed E-state index contributed by atoms with van der Waals surface area (Å²) >= 11 is 1.48. The number of amides is 2. The number of benzene rings is 1. The van der Waals surface area contributed by atoms with Gasteiger partial charge < -0.3 is 4.90 Å². The van der Waals surface area contributed by atoms with Crippen LogP contribution >= 0.6 is 11.3 Å². The number of nitrogens with zero attached hydrogens (tertiary/aromatic N) is 4. The molecule has 1 aliphatic heterocycles. The second kappa shape index (κ2) is 6.33. The molecule has 0 radical (unpaired) electrons. The van der Waals surface area contributed by atoms with Crippen LogP contribution in [0.15, 0.2) is 42.9 Å². The average Bonchev–Trinajstić information content (AvgIpc) is 3.22. The molecule has 3 aromatic rings. The second-order valence-corrected chi connectivity index (χ2v) is 7.52. The van der Waals surface area contributed by atoms with Gasteiger partial charge in [0, 0.05) is 43.3 Å². The van der Waals surface area contributed by atoms with Crippen molar-refractivity contribution in [3.63, 3.8) is 0 Å². The smallest absolute Gasteiger partial charge is 0.319 e. The molecule has 25 heavy (non-hydrogen) atoms. The molecule has 1 aliphatic rings. The zero-order valence-corrected chi connectivity index (χ0v) is 15.0. The highest BCUT2D eigenvalue weighted by atomic mass is 32.1. The molecule has 6 nitrogen and oxygen atoms in total. The van der Waals surface area contributed by atoms with Crippen LogP contribution in [0.3, 0.4) is 0 Å². The van der Waals surface area contributed by atoms with Crippen LogP contribution in [0.2, 0.25) is 0 Å². The number of fused-ring (bicyclic) bond motifs is 1. The van der Waals surface area contributed by atoms with E-state index in [1.807, 2.05) is 37.3 Å². The van der Waals surface area contributed by atoms with E-state index in [-0.39, 0.29) is 11.9 Å². The average molecular weight is 353 g/mol. The first-order valence-corrected chi connectivity index (χ1v) is 8.96. The van der Waals surface area contributed by atoms with Crippen molar-refractivity contribution in [3.8, 4) is 0 Å². The lowest BCUT2D eigenvalue weighted by atomic mass is 9.86. The maximum atomic E-state index is 12.7. The normalized spacial score (nSPS) is 16.6. The molecule has 0 spiro atoms. The van der Waals surface area contributed by atoms with E-state index in [0.717, 1.165) is 10.4 Å². The van der Waals surface area contributed by atoms with Gasteiger partial charge in [0.2, 0.25) is 0 Å². The Labute approximate surface area is 150 Å². The third-order valence-corrected chi connectivity index (χ3v) is 5.27. The van der Waals surface area contributed by atoms with Gasteiger partial charge in [0.25, 0.3) is 0 Å². The van der Waals surface area contributed by atoms with Crippen LogP contribution in [0.4, 0.5) is 9.93 Å². The Morgan fingerprint density at radius 3 is 2.88 bits per heavy atom. The molecule has 0 aliphatic carbocycles. The van der Waals surface area contributed by atoms with Crippen molar-refractivity contribution in [3.05, 3.63) is 64.4 Å². The largest absolute Gasteiger partial charge is 0.323 e. The third-order valence-electron chi connectivity index (χ3n) is 4.44. The van der Waals surface area contributed by atoms with Gasteiger partial charge >= 0.3 is 6.03 Å². The molecule has 0 fully saturated rings. The van der Waals surface area contributed by atoms with Gasteiger partial charge in [-0.2, -0.15) is 5.10 Å². The summed E-state index contributed by atoms with van der Waals surface area (Å²) in [7, 11) is 1.91. The van der Waals surface area contributed by atoms with E-state index in [2.05, 4.69) is 33.6 Å². The zero-order chi connectivity index (χ0) is 17.4. The summed E-state index contributed by atoms with van der Waals surface area (Å²) in [6, 6.07) is 8.19. The van der Waals surface area contributed by atoms with Crippen molar-refractivity contribution in [2.45, 2.75) is 19.4 Å². The molecule has 1 N–H and O–H groups in total. The predicted molar refractivity (Wildman–Crippen MR) is 97.8 cm³/mol. The molecule has 0 saturated carbocycles. The molecule has 1 unspecified atom stereocenters. The van der Waals surface area contributed by atoms with Gasteiger partial charge in [0.15, 0.2) is 5.13 Å². The second-order valence-electron chi connectivity index (χ2n) is 6.29. The molecule has 2 amide bonds. The Kier molecular flexibility index (Phi) is 4.01. The van der Waals surface area contributed by atoms with E-state index in [4.69, 9.17) is 0 Å². The first-order valence-electron chi connectivity index (χ1n) is 8.15. The van der Waals surface area contributed by atoms with E-state index in [1.54, 1.807) is 10.9 Å². The highest BCUT2D eigenvalue weighted by Crippen LogP contribution is 2.33. The number of thiazole rings is 1. The molecule has 128 valence electrons. The predicted octanol–water partition coefficient (Wildman–Crippen LogP) is 3.36. The standard InChI is InChI=1S/C18H19N5OS/c1-12-7-19-17(25-12)21-18(24)23-10-13-5-3-4-6-15(13)16(11-23)14-8-20-22(2)9-14/h3-9,16H,10-11H2,1-2H3,(H,19,21,24). The van der Waals surface area contributed by atoms with Crippen molar-refractivity contribution in [1.82, 2.24) is 19.7 Å². The SMILES string of the molecule is Cc1cnc(NC(=O)N2Cc3ccccc3C(c3cnn(C)c3)C2)s1. The number of urea groups is 1. The van der Waals surface area contributed by atoms with E-state index in [1.165, 1.54) is 22.5 Å². The van der Waals surface area contributed by atoms with Crippen molar-refractivity contribution in [2.75, 3.05) is 11.9 Å². The summed E-state index contributed by atoms with van der Waals surface area (Å²) in [6.07, 6.45) is 5.67. The number of hydrogen-bond donors (Lipinski definition) is 1. The van der Waals surface area contributed by atoms with Gasteiger partial charge in [0.05, 0.1) is 6.20 Å². The summed E-state index contributed by atoms with van der Waals surface area (Å²) in [5, 5.41) is 7.85. The Morgan fingerprint density at radius 1 is 1.32 bits per heavy atom. The lowest BCUT2D eigenvalue weighted by molar-refractivity contribution is 0.203. The molecule has 7 heteroatoms. The molecule has 1 aromatic carbocycles. The van der Waals surface area contributed by atoms with Crippen molar-refractivity contribution in [1.29, 1.82) is 0 Å². The van der Waals surface area contributed by atoms with Gasteiger partial charge in [-0.25, -0.2) is 9.78 Å². The number of aromatic nitrogens is 3. The van der Waals surface area contributed by atoms with Crippen molar-refractivity contribution >= 4 is 22.5 Å². The Bertz CT molecular complexity index is 916. The number of carbonyl (C=O) groups excluding carboxylic acids is 1. The fourth-order valence-corrected chi connectivity index (χ4v) is 3.90. The lowest BCUT2D eigenvalue weighted by Gasteiger charge is -2.34. The van der Waals surface area contributed by atoms with Gasteiger partial charge in [-0.15, -0.1) is 11.3 Å². The number of hydrogen-bond acceptors (Lipinski definition) is 4. The number of carbonyl (C=O) groups is 1. The highest BCUT2D eigenvalue weighted by Gasteiger charge is 2.30. The minimum Gasteiger partial charge on any atom is -0.319 e. The van der Waals surface area contributed by atoms with Crippen molar-refractivity contribution < 1.29 is 4.79 Å². The molecule has 1 atom stereocenters. The maximum absolute atomic E-state index is 12.7. The summed E-state index contributed by atoms with van der Waals surface area (Å²) in [4.78, 5) is 19.9. The monoisotopic (exact) mass is 353 g/mol. The van der Waals surface area contributed by atoms with Crippen LogP contribution in [0.1, 0.15) is 27.5 Å². The molecule has 3 heterocycles. The maximum Gasteiger partial charge on any atom is 0.323 e. The minimum absolute atomic E-state index is 0.113. The Hall–Kier alpha value is -2.67. The zero-order valence-electron chi connectivity index (χ0n) is 14.1. The summed E-state index contributed by atoms with van der Waals surface area (Å²) < 4.78 is 1.80. The molecular weight excluding hydrogens is 334 g/mol. The van der Waals surface area contributed by atoms with Crippen LogP contribution in [-0.2, 0) is 13.6 Å². The number of aryl methyl sites for hydroxylation is 2. The summed E-state index contributed by atoms with van der Waals surface area (Å²) in [5.74, 6) is 0.127. The highest BCUT2D eigenvalue weighted by molar-refractivity contribution is 7.15. The Balaban J connectivity index is 1.62. The van der Waals surface area contributed by atoms with Crippen LogP contribution < -0.4 is 5.32 Å². The number of rotatable bonds is 2. The van der Waals surface area contributed by atoms with Gasteiger partial charge in [-0.3, -0.25) is 10.00 Å². The molecule has 4 rings (SSSR count). The van der Waals surface area contributed by atoms with E-state index < -0.39 is 0 Å². The van der Waals surface area contributed by atoms with E-state index in [0.29, 0.717) is 18.2 Å². The van der Waals surface area contributed by atoms with E-state index in [9.17, 15) is 4.79 Å². The van der Waals surface area contributed by atoms with Crippen molar-refractivity contribution in [2.24, 2.45) is 7.05 Å². The molecule has 0 bridgehead atoms. The summed E-state index contributed by atoms with van der Waals surface area (Å²) in [6.45, 7) is 3.20. The van der Waals surface area contributed by atoms with Crippen LogP contribution in [0.25, 0.3) is 0 Å². The fourth-order valence-electron chi connectivity index (χ4n) is 3.25. The van der Waals surface area contributed by atoms with Crippen LogP contribution in [-0.4, -0.2) is 32.2 Å². The first kappa shape index (κ1) is 15.8. The number of nitrogens with one attached hydrogen (secondary N) is 1. The fraction of sp³-hybridized carbons (Fsp3) is 0.278. The molecule has 2 aromatic heterocycles. The van der Waals surface area contributed by atoms with Gasteiger partial charge in [0.1, 0.15) is 0 Å². The third kappa shape index (κ3) is 3.15. The Morgan fingerprint density at radius 2 is 2.16 bits per heavy atom. The van der Waals surface area contributed by atoms with Gasteiger partial charge in [-0.1, -0.05) is 24.3 Å². The number of anilines is 1.